The van der Waals surface area contributed by atoms with Gasteiger partial charge in [-0.15, -0.1) is 0 Å². The van der Waals surface area contributed by atoms with Crippen LogP contribution >= 0.6 is 11.6 Å². The molecule has 1 nitrogen and oxygen atoms in total. The second-order valence-electron chi connectivity index (χ2n) is 6.34. The number of rotatable bonds is 10. The molecule has 0 atom stereocenters. The largest absolute Gasteiger partial charge is 0.391 e. The van der Waals surface area contributed by atoms with Crippen molar-refractivity contribution in [1.29, 1.82) is 0 Å². The molecule has 22 heavy (non-hydrogen) atoms. The van der Waals surface area contributed by atoms with Gasteiger partial charge in [-0.2, -0.15) is 0 Å². The van der Waals surface area contributed by atoms with Crippen LogP contribution in [0.1, 0.15) is 73.1 Å². The molecule has 0 heterocycles. The molecule has 0 rings (SSSR count). The molecule has 0 aromatic carbocycles. The predicted octanol–water partition coefficient (Wildman–Crippen LogP) is 6.69. The summed E-state index contributed by atoms with van der Waals surface area (Å²) in [5.41, 5.74) is 5.40. The van der Waals surface area contributed by atoms with Crippen molar-refractivity contribution in [2.45, 2.75) is 73.1 Å². The maximum Gasteiger partial charge on any atom is 0.0787 e. The molecular formula is C20H33ClO. The first-order chi connectivity index (χ1) is 10.4. The van der Waals surface area contributed by atoms with Gasteiger partial charge in [0.1, 0.15) is 0 Å². The standard InChI is InChI=1S/C20H33ClO/c1-16(2)9-6-10-17(3)11-7-12-18(4)13-8-14-19(5)20(21)15-22/h9,11,13,22H,6-8,10,12,14-15H2,1-5H3/b17-11+,18-13+,20-19-. The van der Waals surface area contributed by atoms with Crippen LogP contribution in [-0.2, 0) is 0 Å². The summed E-state index contributed by atoms with van der Waals surface area (Å²) in [5, 5.41) is 9.54. The fourth-order valence-corrected chi connectivity index (χ4v) is 2.24. The average Bonchev–Trinajstić information content (AvgIpc) is 2.45. The van der Waals surface area contributed by atoms with Crippen molar-refractivity contribution in [3.8, 4) is 0 Å². The zero-order valence-corrected chi connectivity index (χ0v) is 15.8. The Balaban J connectivity index is 4.04. The molecule has 0 amide bonds. The lowest BCUT2D eigenvalue weighted by Gasteiger charge is -2.03. The zero-order chi connectivity index (χ0) is 17.0. The Labute approximate surface area is 142 Å². The lowest BCUT2D eigenvalue weighted by Crippen LogP contribution is -1.88. The van der Waals surface area contributed by atoms with Crippen LogP contribution in [0.3, 0.4) is 0 Å². The highest BCUT2D eigenvalue weighted by atomic mass is 35.5. The third-order valence-corrected chi connectivity index (χ3v) is 4.18. The normalized spacial score (nSPS) is 14.0. The van der Waals surface area contributed by atoms with Crippen LogP contribution < -0.4 is 0 Å². The Bertz CT molecular complexity index is 435. The van der Waals surface area contributed by atoms with E-state index in [4.69, 9.17) is 16.7 Å². The molecule has 126 valence electrons. The summed E-state index contributed by atoms with van der Waals surface area (Å²) in [5.74, 6) is 0. The van der Waals surface area contributed by atoms with Gasteiger partial charge >= 0.3 is 0 Å². The Morgan fingerprint density at radius 2 is 1.23 bits per heavy atom. The van der Waals surface area contributed by atoms with Crippen molar-refractivity contribution >= 4 is 11.6 Å². The van der Waals surface area contributed by atoms with Gasteiger partial charge in [0.05, 0.1) is 6.61 Å². The topological polar surface area (TPSA) is 20.2 Å². The fraction of sp³-hybridized carbons (Fsp3) is 0.600. The molecule has 0 saturated heterocycles. The molecule has 0 aromatic heterocycles. The van der Waals surface area contributed by atoms with Crippen LogP contribution in [0.2, 0.25) is 0 Å². The smallest absolute Gasteiger partial charge is 0.0787 e. The molecule has 0 fully saturated rings. The van der Waals surface area contributed by atoms with Crippen molar-refractivity contribution < 1.29 is 5.11 Å². The molecular weight excluding hydrogens is 292 g/mol. The first-order valence-electron chi connectivity index (χ1n) is 8.26. The quantitative estimate of drug-likeness (QED) is 0.444. The minimum atomic E-state index is -0.0487. The lowest BCUT2D eigenvalue weighted by atomic mass is 10.0. The van der Waals surface area contributed by atoms with Crippen molar-refractivity contribution in [1.82, 2.24) is 0 Å². The number of aliphatic hydroxyl groups excluding tert-OH is 1. The molecule has 0 radical (unpaired) electrons. The van der Waals surface area contributed by atoms with Crippen LogP contribution in [0.15, 0.2) is 45.6 Å². The van der Waals surface area contributed by atoms with Crippen molar-refractivity contribution in [2.24, 2.45) is 0 Å². The van der Waals surface area contributed by atoms with Crippen LogP contribution in [0.5, 0.6) is 0 Å². The van der Waals surface area contributed by atoms with Gasteiger partial charge in [0.15, 0.2) is 0 Å². The molecule has 0 aliphatic heterocycles. The van der Waals surface area contributed by atoms with Gasteiger partial charge in [-0.1, -0.05) is 52.1 Å². The maximum absolute atomic E-state index is 8.96. The molecule has 0 aliphatic rings. The molecule has 0 aromatic rings. The van der Waals surface area contributed by atoms with Gasteiger partial charge < -0.3 is 5.11 Å². The van der Waals surface area contributed by atoms with Crippen molar-refractivity contribution in [3.63, 3.8) is 0 Å². The number of aliphatic hydroxyl groups is 1. The lowest BCUT2D eigenvalue weighted by molar-refractivity contribution is 0.337. The first kappa shape index (κ1) is 21.2. The Hall–Kier alpha value is -0.790. The number of hydrogen-bond donors (Lipinski definition) is 1. The van der Waals surface area contributed by atoms with E-state index in [1.807, 2.05) is 6.92 Å². The van der Waals surface area contributed by atoms with Crippen LogP contribution in [0.4, 0.5) is 0 Å². The van der Waals surface area contributed by atoms with E-state index in [1.54, 1.807) is 0 Å². The molecule has 1 N–H and O–H groups in total. The van der Waals surface area contributed by atoms with Gasteiger partial charge in [0.25, 0.3) is 0 Å². The van der Waals surface area contributed by atoms with E-state index < -0.39 is 0 Å². The van der Waals surface area contributed by atoms with Gasteiger partial charge in [-0.05, 0) is 73.1 Å². The predicted molar refractivity (Wildman–Crippen MR) is 100 cm³/mol. The van der Waals surface area contributed by atoms with Crippen LogP contribution in [0, 0.1) is 0 Å². The van der Waals surface area contributed by atoms with Crippen molar-refractivity contribution in [3.05, 3.63) is 45.6 Å². The molecule has 0 spiro atoms. The van der Waals surface area contributed by atoms with E-state index in [2.05, 4.69) is 45.9 Å². The maximum atomic E-state index is 8.96. The van der Waals surface area contributed by atoms with E-state index >= 15 is 0 Å². The Kier molecular flexibility index (Phi) is 12.3. The van der Waals surface area contributed by atoms with Gasteiger partial charge in [-0.3, -0.25) is 0 Å². The number of halogens is 1. The van der Waals surface area contributed by atoms with E-state index in [0.717, 1.165) is 44.1 Å². The molecule has 0 saturated carbocycles. The van der Waals surface area contributed by atoms with E-state index in [0.29, 0.717) is 5.03 Å². The first-order valence-corrected chi connectivity index (χ1v) is 8.64. The van der Waals surface area contributed by atoms with Crippen molar-refractivity contribution in [2.75, 3.05) is 6.61 Å². The molecule has 0 bridgehead atoms. The monoisotopic (exact) mass is 324 g/mol. The fourth-order valence-electron chi connectivity index (χ4n) is 2.14. The number of allylic oxidation sites excluding steroid dienone is 7. The third-order valence-electron chi connectivity index (χ3n) is 3.74. The molecule has 0 unspecified atom stereocenters. The molecule has 2 heteroatoms. The zero-order valence-electron chi connectivity index (χ0n) is 15.0. The molecule has 0 aliphatic carbocycles. The highest BCUT2D eigenvalue weighted by molar-refractivity contribution is 6.30. The SMILES string of the molecule is CC(C)=CCC/C(C)=C/CC/C(C)=C/CC/C(C)=C(\Cl)CO. The minimum absolute atomic E-state index is 0.0487. The second-order valence-corrected chi connectivity index (χ2v) is 6.80. The van der Waals surface area contributed by atoms with E-state index in [-0.39, 0.29) is 6.61 Å². The van der Waals surface area contributed by atoms with Gasteiger partial charge in [0, 0.05) is 5.03 Å². The summed E-state index contributed by atoms with van der Waals surface area (Å²) in [4.78, 5) is 0. The Morgan fingerprint density at radius 3 is 1.68 bits per heavy atom. The number of hydrogen-bond acceptors (Lipinski definition) is 1. The Morgan fingerprint density at radius 1 is 0.773 bits per heavy atom. The summed E-state index contributed by atoms with van der Waals surface area (Å²) >= 11 is 5.91. The van der Waals surface area contributed by atoms with Gasteiger partial charge in [-0.25, -0.2) is 0 Å². The highest BCUT2D eigenvalue weighted by Gasteiger charge is 1.97. The average molecular weight is 325 g/mol. The van der Waals surface area contributed by atoms with Crippen LogP contribution in [0.25, 0.3) is 0 Å². The van der Waals surface area contributed by atoms with Gasteiger partial charge in [0.2, 0.25) is 0 Å². The summed E-state index contributed by atoms with van der Waals surface area (Å²) in [6.45, 7) is 10.7. The van der Waals surface area contributed by atoms with E-state index in [9.17, 15) is 0 Å². The summed E-state index contributed by atoms with van der Waals surface area (Å²) < 4.78 is 0. The van der Waals surface area contributed by atoms with E-state index in [1.165, 1.54) is 16.7 Å². The highest BCUT2D eigenvalue weighted by Crippen LogP contribution is 2.16. The van der Waals surface area contributed by atoms with Crippen LogP contribution in [-0.4, -0.2) is 11.7 Å². The summed E-state index contributed by atoms with van der Waals surface area (Å²) in [6.07, 6.45) is 13.4. The third kappa shape index (κ3) is 11.8. The second kappa shape index (κ2) is 12.7. The summed E-state index contributed by atoms with van der Waals surface area (Å²) in [7, 11) is 0. The minimum Gasteiger partial charge on any atom is -0.391 e. The summed E-state index contributed by atoms with van der Waals surface area (Å²) in [6, 6.07) is 0.